The zero-order valence-electron chi connectivity index (χ0n) is 20.3. The molecular formula is C26H31ClN4O4. The molecule has 3 aromatic rings. The van der Waals surface area contributed by atoms with Gasteiger partial charge in [-0.3, -0.25) is 18.7 Å². The molecule has 1 aromatic heterocycles. The lowest BCUT2D eigenvalue weighted by Crippen LogP contribution is -2.38. The summed E-state index contributed by atoms with van der Waals surface area (Å²) in [5, 5.41) is 3.57. The second kappa shape index (κ2) is 12.4. The average molecular weight is 499 g/mol. The van der Waals surface area contributed by atoms with E-state index < -0.39 is 0 Å². The number of hydrogen-bond acceptors (Lipinski definition) is 6. The van der Waals surface area contributed by atoms with E-state index in [1.54, 1.807) is 37.4 Å². The molecule has 9 heteroatoms. The molecule has 1 N–H and O–H groups in total. The van der Waals surface area contributed by atoms with Gasteiger partial charge in [-0.05, 0) is 31.2 Å². The number of carbonyl (C=O) groups excluding carboxylic acids is 1. The van der Waals surface area contributed by atoms with Gasteiger partial charge in [0.15, 0.2) is 5.78 Å². The third kappa shape index (κ3) is 6.83. The molecule has 0 spiro atoms. The number of aromatic nitrogens is 2. The Morgan fingerprint density at radius 1 is 1.00 bits per heavy atom. The second-order valence-electron chi connectivity index (χ2n) is 8.17. The fourth-order valence-electron chi connectivity index (χ4n) is 3.66. The summed E-state index contributed by atoms with van der Waals surface area (Å²) in [7, 11) is 3.09. The van der Waals surface area contributed by atoms with Crippen molar-refractivity contribution in [2.75, 3.05) is 38.1 Å². The molecule has 0 bridgehead atoms. The van der Waals surface area contributed by atoms with Gasteiger partial charge in [0.1, 0.15) is 11.6 Å². The van der Waals surface area contributed by atoms with E-state index in [2.05, 4.69) is 17.1 Å². The van der Waals surface area contributed by atoms with Crippen LogP contribution in [0.5, 0.6) is 5.75 Å². The molecule has 0 aliphatic heterocycles. The molecule has 186 valence electrons. The van der Waals surface area contributed by atoms with Crippen LogP contribution >= 0.6 is 11.6 Å². The number of hydrogen-bond donors (Lipinski definition) is 1. The molecule has 3 rings (SSSR count). The van der Waals surface area contributed by atoms with Gasteiger partial charge in [-0.15, -0.1) is 0 Å². The van der Waals surface area contributed by atoms with Crippen LogP contribution in [0, 0.1) is 0 Å². The van der Waals surface area contributed by atoms with Crippen molar-refractivity contribution in [2.24, 2.45) is 14.1 Å². The Bertz CT molecular complexity index is 1270. The monoisotopic (exact) mass is 498 g/mol. The molecule has 0 aliphatic carbocycles. The zero-order chi connectivity index (χ0) is 25.4. The quantitative estimate of drug-likeness (QED) is 0.305. The van der Waals surface area contributed by atoms with Crippen molar-refractivity contribution in [2.45, 2.75) is 13.3 Å². The first-order valence-electron chi connectivity index (χ1n) is 11.6. The smallest absolute Gasteiger partial charge is 0.332 e. The van der Waals surface area contributed by atoms with Crippen LogP contribution in [0.4, 0.5) is 5.82 Å². The highest BCUT2D eigenvalue weighted by atomic mass is 35.5. The van der Waals surface area contributed by atoms with Crippen molar-refractivity contribution >= 4 is 23.2 Å². The third-order valence-electron chi connectivity index (χ3n) is 5.81. The van der Waals surface area contributed by atoms with Crippen molar-refractivity contribution < 1.29 is 9.53 Å². The molecule has 0 atom stereocenters. The maximum atomic E-state index is 12.6. The number of likely N-dealkylation sites (N-methyl/N-ethyl adjacent to an activating group) is 1. The van der Waals surface area contributed by atoms with E-state index in [4.69, 9.17) is 16.3 Å². The summed E-state index contributed by atoms with van der Waals surface area (Å²) < 4.78 is 8.34. The van der Waals surface area contributed by atoms with Gasteiger partial charge in [0.2, 0.25) is 0 Å². The SMILES string of the molecule is CCN(CCCOc1ccc(C(=O)c2ccccc2)cc1Cl)CCNc1cc(=O)n(C)c(=O)n1C. The Kier molecular flexibility index (Phi) is 9.28. The Balaban J connectivity index is 1.45. The molecule has 0 unspecified atom stereocenters. The van der Waals surface area contributed by atoms with E-state index in [1.807, 2.05) is 18.2 Å². The summed E-state index contributed by atoms with van der Waals surface area (Å²) in [5.74, 6) is 0.969. The number of nitrogens with one attached hydrogen (secondary N) is 1. The number of carbonyl (C=O) groups is 1. The summed E-state index contributed by atoms with van der Waals surface area (Å²) >= 11 is 6.36. The summed E-state index contributed by atoms with van der Waals surface area (Å²) in [6.07, 6.45) is 0.791. The number of anilines is 1. The molecule has 0 saturated heterocycles. The average Bonchev–Trinajstić information content (AvgIpc) is 2.87. The molecule has 0 aliphatic rings. The van der Waals surface area contributed by atoms with Crippen LogP contribution in [0.15, 0.2) is 64.2 Å². The first kappa shape index (κ1) is 26.2. The minimum Gasteiger partial charge on any atom is -0.492 e. The van der Waals surface area contributed by atoms with Gasteiger partial charge >= 0.3 is 5.69 Å². The summed E-state index contributed by atoms with van der Waals surface area (Å²) in [6, 6.07) is 15.6. The highest BCUT2D eigenvalue weighted by Gasteiger charge is 2.12. The van der Waals surface area contributed by atoms with Gasteiger partial charge in [0, 0.05) is 50.9 Å². The number of rotatable bonds is 12. The zero-order valence-corrected chi connectivity index (χ0v) is 21.0. The molecule has 0 amide bonds. The molecule has 8 nitrogen and oxygen atoms in total. The van der Waals surface area contributed by atoms with E-state index in [1.165, 1.54) is 17.7 Å². The van der Waals surface area contributed by atoms with Crippen molar-refractivity contribution in [3.63, 3.8) is 0 Å². The molecule has 2 aromatic carbocycles. The van der Waals surface area contributed by atoms with Gasteiger partial charge in [-0.25, -0.2) is 4.79 Å². The second-order valence-corrected chi connectivity index (χ2v) is 8.58. The van der Waals surface area contributed by atoms with Crippen molar-refractivity contribution in [3.05, 3.63) is 91.6 Å². The van der Waals surface area contributed by atoms with Crippen molar-refractivity contribution in [1.82, 2.24) is 14.0 Å². The van der Waals surface area contributed by atoms with Crippen LogP contribution in [-0.2, 0) is 14.1 Å². The van der Waals surface area contributed by atoms with E-state index in [0.717, 1.165) is 30.6 Å². The lowest BCUT2D eigenvalue weighted by Gasteiger charge is -2.21. The number of ketones is 1. The van der Waals surface area contributed by atoms with Crippen molar-refractivity contribution in [1.29, 1.82) is 0 Å². The summed E-state index contributed by atoms with van der Waals surface area (Å²) in [4.78, 5) is 38.7. The molecular weight excluding hydrogens is 468 g/mol. The number of ether oxygens (including phenoxy) is 1. The largest absolute Gasteiger partial charge is 0.492 e. The van der Waals surface area contributed by atoms with Gasteiger partial charge in [-0.2, -0.15) is 0 Å². The van der Waals surface area contributed by atoms with E-state index in [-0.39, 0.29) is 17.0 Å². The maximum Gasteiger partial charge on any atom is 0.332 e. The minimum absolute atomic E-state index is 0.0813. The third-order valence-corrected chi connectivity index (χ3v) is 6.11. The molecule has 35 heavy (non-hydrogen) atoms. The molecule has 0 fully saturated rings. The lowest BCUT2D eigenvalue weighted by molar-refractivity contribution is 0.103. The highest BCUT2D eigenvalue weighted by molar-refractivity contribution is 6.32. The molecule has 0 radical (unpaired) electrons. The number of benzene rings is 2. The minimum atomic E-state index is -0.361. The Hall–Kier alpha value is -3.36. The molecule has 0 saturated carbocycles. The lowest BCUT2D eigenvalue weighted by atomic mass is 10.0. The first-order chi connectivity index (χ1) is 16.8. The Labute approximate surface area is 209 Å². The predicted molar refractivity (Wildman–Crippen MR) is 139 cm³/mol. The van der Waals surface area contributed by atoms with Gasteiger partial charge in [0.05, 0.1) is 11.6 Å². The standard InChI is InChI=1S/C26H31ClN4O4/c1-4-31(15-13-28-23-18-24(32)30(3)26(34)29(23)2)14-8-16-35-22-12-11-20(17-21(22)27)25(33)19-9-6-5-7-10-19/h5-7,9-12,17-18,28H,4,8,13-16H2,1-3H3. The fourth-order valence-corrected chi connectivity index (χ4v) is 3.89. The van der Waals surface area contributed by atoms with E-state index >= 15 is 0 Å². The van der Waals surface area contributed by atoms with Crippen LogP contribution in [0.25, 0.3) is 0 Å². The van der Waals surface area contributed by atoms with Crippen LogP contribution in [0.3, 0.4) is 0 Å². The maximum absolute atomic E-state index is 12.6. The van der Waals surface area contributed by atoms with Crippen LogP contribution in [0.1, 0.15) is 29.3 Å². The van der Waals surface area contributed by atoms with Gasteiger partial charge < -0.3 is 15.0 Å². The fraction of sp³-hybridized carbons (Fsp3) is 0.346. The Morgan fingerprint density at radius 3 is 2.43 bits per heavy atom. The van der Waals surface area contributed by atoms with Crippen molar-refractivity contribution in [3.8, 4) is 5.75 Å². The molecule has 1 heterocycles. The summed E-state index contributed by atoms with van der Waals surface area (Å²) in [6.45, 7) is 5.58. The topological polar surface area (TPSA) is 85.6 Å². The predicted octanol–water partition coefficient (Wildman–Crippen LogP) is 3.17. The first-order valence-corrected chi connectivity index (χ1v) is 11.9. The van der Waals surface area contributed by atoms with Crippen LogP contribution in [-0.4, -0.2) is 52.6 Å². The van der Waals surface area contributed by atoms with Gasteiger partial charge in [0.25, 0.3) is 5.56 Å². The summed E-state index contributed by atoms with van der Waals surface area (Å²) in [5.41, 5.74) is 0.437. The van der Waals surface area contributed by atoms with Crippen LogP contribution < -0.4 is 21.3 Å². The van der Waals surface area contributed by atoms with E-state index in [9.17, 15) is 14.4 Å². The number of halogens is 1. The number of nitrogens with zero attached hydrogens (tertiary/aromatic N) is 3. The normalized spacial score (nSPS) is 11.0. The van der Waals surface area contributed by atoms with E-state index in [0.29, 0.717) is 40.9 Å². The Morgan fingerprint density at radius 2 is 1.74 bits per heavy atom. The van der Waals surface area contributed by atoms with Crippen LogP contribution in [0.2, 0.25) is 5.02 Å². The highest BCUT2D eigenvalue weighted by Crippen LogP contribution is 2.26. The van der Waals surface area contributed by atoms with Gasteiger partial charge in [-0.1, -0.05) is 48.9 Å².